The first kappa shape index (κ1) is 23.6. The highest BCUT2D eigenvalue weighted by atomic mass is 32.2. The van der Waals surface area contributed by atoms with Gasteiger partial charge in [0.05, 0.1) is 21.6 Å². The summed E-state index contributed by atoms with van der Waals surface area (Å²) in [7, 11) is 0. The molecule has 2 aromatic carbocycles. The van der Waals surface area contributed by atoms with Gasteiger partial charge in [-0.3, -0.25) is 9.59 Å². The average Bonchev–Trinajstić information content (AvgIpc) is 2.73. The standard InChI is InChI=1S/C23H23NO4S2/c1-23(2,14-24)13-17(15-9-5-3-6-10-15)18(20(25)26)19(21(27)28)30-22(29)16-11-7-4-8-12-16/h3-12,17-19H,13H2,1-2H3,(H,25,26)(H,27,28). The first-order valence-electron chi connectivity index (χ1n) is 9.34. The number of benzene rings is 2. The molecule has 3 unspecified atom stereocenters. The summed E-state index contributed by atoms with van der Waals surface area (Å²) in [6, 6.07) is 20.0. The first-order valence-corrected chi connectivity index (χ1v) is 10.6. The van der Waals surface area contributed by atoms with Crippen LogP contribution in [-0.2, 0) is 9.59 Å². The second-order valence-electron chi connectivity index (χ2n) is 7.61. The Morgan fingerprint density at radius 2 is 1.57 bits per heavy atom. The van der Waals surface area contributed by atoms with Gasteiger partial charge in [0.1, 0.15) is 5.25 Å². The van der Waals surface area contributed by atoms with Crippen LogP contribution in [0.5, 0.6) is 0 Å². The molecule has 0 aliphatic carbocycles. The van der Waals surface area contributed by atoms with Crippen LogP contribution in [-0.4, -0.2) is 31.6 Å². The zero-order valence-corrected chi connectivity index (χ0v) is 18.3. The second kappa shape index (κ2) is 10.4. The predicted octanol–water partition coefficient (Wildman–Crippen LogP) is 4.97. The molecule has 0 bridgehead atoms. The molecule has 5 nitrogen and oxygen atoms in total. The Bertz CT molecular complexity index is 939. The predicted molar refractivity (Wildman–Crippen MR) is 121 cm³/mol. The minimum atomic E-state index is -1.31. The number of nitriles is 1. The van der Waals surface area contributed by atoms with Gasteiger partial charge in [0, 0.05) is 5.92 Å². The van der Waals surface area contributed by atoms with E-state index >= 15 is 0 Å². The monoisotopic (exact) mass is 441 g/mol. The fourth-order valence-corrected chi connectivity index (χ4v) is 4.80. The average molecular weight is 442 g/mol. The molecule has 2 aromatic rings. The van der Waals surface area contributed by atoms with Crippen molar-refractivity contribution < 1.29 is 19.8 Å². The van der Waals surface area contributed by atoms with Crippen molar-refractivity contribution in [2.75, 3.05) is 0 Å². The number of rotatable bonds is 9. The lowest BCUT2D eigenvalue weighted by Crippen LogP contribution is -2.39. The van der Waals surface area contributed by atoms with Crippen LogP contribution >= 0.6 is 24.0 Å². The van der Waals surface area contributed by atoms with Gasteiger partial charge < -0.3 is 10.2 Å². The van der Waals surface area contributed by atoms with E-state index in [1.807, 2.05) is 6.07 Å². The maximum absolute atomic E-state index is 12.3. The van der Waals surface area contributed by atoms with E-state index in [4.69, 9.17) is 12.2 Å². The van der Waals surface area contributed by atoms with Crippen molar-refractivity contribution >= 4 is 40.1 Å². The van der Waals surface area contributed by atoms with Crippen LogP contribution in [0.1, 0.15) is 37.3 Å². The van der Waals surface area contributed by atoms with E-state index in [0.717, 1.165) is 11.8 Å². The van der Waals surface area contributed by atoms with Crippen LogP contribution in [0.25, 0.3) is 0 Å². The number of aliphatic carboxylic acids is 2. The summed E-state index contributed by atoms with van der Waals surface area (Å²) >= 11 is 6.28. The molecule has 0 heterocycles. The van der Waals surface area contributed by atoms with E-state index < -0.39 is 34.4 Å². The van der Waals surface area contributed by atoms with Gasteiger partial charge in [-0.25, -0.2) is 0 Å². The van der Waals surface area contributed by atoms with Crippen LogP contribution in [0.3, 0.4) is 0 Å². The van der Waals surface area contributed by atoms with Crippen molar-refractivity contribution in [2.24, 2.45) is 11.3 Å². The van der Waals surface area contributed by atoms with Crippen LogP contribution in [0.15, 0.2) is 60.7 Å². The normalized spacial score (nSPS) is 14.2. The molecule has 156 valence electrons. The minimum absolute atomic E-state index is 0.201. The van der Waals surface area contributed by atoms with Crippen molar-refractivity contribution in [2.45, 2.75) is 31.4 Å². The summed E-state index contributed by atoms with van der Waals surface area (Å²) in [5.41, 5.74) is 0.522. The Hall–Kier alpha value is -2.69. The van der Waals surface area contributed by atoms with Gasteiger partial charge in [0.25, 0.3) is 0 Å². The SMILES string of the molecule is CC(C)(C#N)CC(c1ccccc1)C(C(=O)O)C(SC(=S)c1ccccc1)C(=O)O. The molecule has 7 heteroatoms. The van der Waals surface area contributed by atoms with Crippen molar-refractivity contribution in [3.63, 3.8) is 0 Å². The highest BCUT2D eigenvalue weighted by Crippen LogP contribution is 2.41. The lowest BCUT2D eigenvalue weighted by atomic mass is 9.73. The van der Waals surface area contributed by atoms with Gasteiger partial charge in [-0.05, 0) is 31.4 Å². The molecule has 0 aromatic heterocycles. The van der Waals surface area contributed by atoms with E-state index in [0.29, 0.717) is 15.3 Å². The quantitative estimate of drug-likeness (QED) is 0.530. The molecular weight excluding hydrogens is 418 g/mol. The lowest BCUT2D eigenvalue weighted by Gasteiger charge is -2.32. The Labute approximate surface area is 185 Å². The number of thiocarbonyl (C=S) groups is 1. The maximum Gasteiger partial charge on any atom is 0.317 e. The number of hydrogen-bond donors (Lipinski definition) is 2. The van der Waals surface area contributed by atoms with Crippen LogP contribution < -0.4 is 0 Å². The first-order chi connectivity index (χ1) is 14.2. The largest absolute Gasteiger partial charge is 0.481 e. The van der Waals surface area contributed by atoms with Crippen LogP contribution in [0, 0.1) is 22.7 Å². The van der Waals surface area contributed by atoms with Crippen molar-refractivity contribution in [1.82, 2.24) is 0 Å². The summed E-state index contributed by atoms with van der Waals surface area (Å²) < 4.78 is 0.320. The van der Waals surface area contributed by atoms with Crippen molar-refractivity contribution in [1.29, 1.82) is 5.26 Å². The Morgan fingerprint density at radius 1 is 1.03 bits per heavy atom. The molecule has 0 fully saturated rings. The molecule has 2 N–H and O–H groups in total. The maximum atomic E-state index is 12.3. The Balaban J connectivity index is 2.48. The third kappa shape index (κ3) is 6.15. The van der Waals surface area contributed by atoms with Crippen molar-refractivity contribution in [3.8, 4) is 6.07 Å². The summed E-state index contributed by atoms with van der Waals surface area (Å²) in [6.45, 7) is 3.44. The zero-order chi connectivity index (χ0) is 22.3. The van der Waals surface area contributed by atoms with Gasteiger partial charge in [0.15, 0.2) is 0 Å². The summed E-state index contributed by atoms with van der Waals surface area (Å²) in [5.74, 6) is -4.43. The van der Waals surface area contributed by atoms with Gasteiger partial charge in [-0.1, -0.05) is 84.6 Å². The number of carboxylic acids is 2. The number of thioether (sulfide) groups is 1. The van der Waals surface area contributed by atoms with E-state index in [9.17, 15) is 25.1 Å². The van der Waals surface area contributed by atoms with E-state index in [-0.39, 0.29) is 6.42 Å². The Kier molecular flexibility index (Phi) is 8.16. The highest BCUT2D eigenvalue weighted by molar-refractivity contribution is 8.24. The van der Waals surface area contributed by atoms with Crippen LogP contribution in [0.4, 0.5) is 0 Å². The van der Waals surface area contributed by atoms with Gasteiger partial charge in [-0.2, -0.15) is 5.26 Å². The van der Waals surface area contributed by atoms with Gasteiger partial charge in [-0.15, -0.1) is 0 Å². The molecule has 2 rings (SSSR count). The molecule has 30 heavy (non-hydrogen) atoms. The van der Waals surface area contributed by atoms with Gasteiger partial charge in [0.2, 0.25) is 0 Å². The second-order valence-corrected chi connectivity index (χ2v) is 9.43. The third-order valence-corrected chi connectivity index (χ3v) is 6.52. The fraction of sp³-hybridized carbons (Fsp3) is 0.304. The zero-order valence-electron chi connectivity index (χ0n) is 16.7. The Morgan fingerprint density at radius 3 is 2.03 bits per heavy atom. The molecular formula is C23H23NO4S2. The lowest BCUT2D eigenvalue weighted by molar-refractivity contribution is -0.148. The minimum Gasteiger partial charge on any atom is -0.481 e. The van der Waals surface area contributed by atoms with Crippen LogP contribution in [0.2, 0.25) is 0 Å². The third-order valence-electron chi connectivity index (χ3n) is 4.79. The number of hydrogen-bond acceptors (Lipinski definition) is 5. The highest BCUT2D eigenvalue weighted by Gasteiger charge is 2.43. The molecule has 0 amide bonds. The molecule has 3 atom stereocenters. The van der Waals surface area contributed by atoms with Gasteiger partial charge >= 0.3 is 11.9 Å². The number of carboxylic acid groups (broad SMARTS) is 2. The van der Waals surface area contributed by atoms with E-state index in [1.165, 1.54) is 0 Å². The number of nitrogens with zero attached hydrogens (tertiary/aromatic N) is 1. The molecule has 0 radical (unpaired) electrons. The molecule has 0 aliphatic heterocycles. The summed E-state index contributed by atoms with van der Waals surface area (Å²) in [5, 5.41) is 28.2. The topological polar surface area (TPSA) is 98.4 Å². The molecule has 0 saturated carbocycles. The molecule has 0 aliphatic rings. The fourth-order valence-electron chi connectivity index (χ4n) is 3.30. The summed E-state index contributed by atoms with van der Waals surface area (Å²) in [6.07, 6.45) is 0.201. The smallest absolute Gasteiger partial charge is 0.317 e. The van der Waals surface area contributed by atoms with E-state index in [2.05, 4.69) is 6.07 Å². The molecule has 0 saturated heterocycles. The summed E-state index contributed by atoms with van der Waals surface area (Å²) in [4.78, 5) is 24.5. The van der Waals surface area contributed by atoms with Crippen molar-refractivity contribution in [3.05, 3.63) is 71.8 Å². The number of carbonyl (C=O) groups is 2. The molecule has 0 spiro atoms. The van der Waals surface area contributed by atoms with E-state index in [1.54, 1.807) is 68.4 Å².